The molecule has 1 amide bonds. The molecule has 0 radical (unpaired) electrons. The largest absolute Gasteiger partial charge is 0.508 e. The van der Waals surface area contributed by atoms with Crippen molar-refractivity contribution in [1.29, 1.82) is 0 Å². The van der Waals surface area contributed by atoms with E-state index in [0.717, 1.165) is 5.56 Å². The van der Waals surface area contributed by atoms with Crippen LogP contribution >= 0.6 is 0 Å². The molecule has 1 unspecified atom stereocenters. The number of benzene rings is 1. The monoisotopic (exact) mass is 250 g/mol. The fraction of sp³-hybridized carbons (Fsp3) is 0.500. The summed E-state index contributed by atoms with van der Waals surface area (Å²) in [6.07, 6.45) is 0.569. The molecular weight excluding hydrogens is 228 g/mol. The standard InChI is InChI=1S/C14H22N2O2/c1-4-14(13(15)18,16-9-10(2)3)11-5-7-12(17)8-6-11/h5-8,10,16-17H,4,9H2,1-3H3,(H2,15,18). The van der Waals surface area contributed by atoms with Gasteiger partial charge >= 0.3 is 0 Å². The molecule has 0 fully saturated rings. The highest BCUT2D eigenvalue weighted by Crippen LogP contribution is 2.26. The van der Waals surface area contributed by atoms with Crippen molar-refractivity contribution in [1.82, 2.24) is 5.32 Å². The van der Waals surface area contributed by atoms with Crippen molar-refractivity contribution in [3.63, 3.8) is 0 Å². The first-order chi connectivity index (χ1) is 8.42. The zero-order valence-electron chi connectivity index (χ0n) is 11.2. The quantitative estimate of drug-likeness (QED) is 0.719. The van der Waals surface area contributed by atoms with Crippen LogP contribution in [0, 0.1) is 5.92 Å². The highest BCUT2D eigenvalue weighted by molar-refractivity contribution is 5.86. The third-order valence-electron chi connectivity index (χ3n) is 3.12. The van der Waals surface area contributed by atoms with Gasteiger partial charge in [0.15, 0.2) is 0 Å². The SMILES string of the molecule is CCC(NCC(C)C)(C(N)=O)c1ccc(O)cc1. The van der Waals surface area contributed by atoms with E-state index < -0.39 is 11.4 Å². The van der Waals surface area contributed by atoms with E-state index in [0.29, 0.717) is 18.9 Å². The smallest absolute Gasteiger partial charge is 0.242 e. The van der Waals surface area contributed by atoms with E-state index in [1.807, 2.05) is 6.92 Å². The van der Waals surface area contributed by atoms with E-state index in [1.165, 1.54) is 0 Å². The number of primary amides is 1. The van der Waals surface area contributed by atoms with Crippen molar-refractivity contribution in [2.45, 2.75) is 32.7 Å². The topological polar surface area (TPSA) is 75.3 Å². The van der Waals surface area contributed by atoms with Crippen molar-refractivity contribution in [3.8, 4) is 5.75 Å². The zero-order valence-corrected chi connectivity index (χ0v) is 11.2. The molecule has 0 aromatic heterocycles. The number of carbonyl (C=O) groups is 1. The Kier molecular flexibility index (Phi) is 4.73. The molecule has 18 heavy (non-hydrogen) atoms. The number of nitrogens with one attached hydrogen (secondary N) is 1. The zero-order chi connectivity index (χ0) is 13.8. The molecule has 4 nitrogen and oxygen atoms in total. The number of hydrogen-bond donors (Lipinski definition) is 3. The van der Waals surface area contributed by atoms with Crippen molar-refractivity contribution in [3.05, 3.63) is 29.8 Å². The van der Waals surface area contributed by atoms with Crippen LogP contribution in [-0.2, 0) is 10.3 Å². The van der Waals surface area contributed by atoms with Crippen molar-refractivity contribution >= 4 is 5.91 Å². The molecule has 0 aliphatic carbocycles. The van der Waals surface area contributed by atoms with Gasteiger partial charge in [-0.15, -0.1) is 0 Å². The number of aromatic hydroxyl groups is 1. The van der Waals surface area contributed by atoms with E-state index in [4.69, 9.17) is 5.73 Å². The molecule has 0 saturated heterocycles. The molecule has 4 heteroatoms. The van der Waals surface area contributed by atoms with Gasteiger partial charge in [0.1, 0.15) is 11.3 Å². The van der Waals surface area contributed by atoms with Gasteiger partial charge in [0.2, 0.25) is 5.91 Å². The fourth-order valence-corrected chi connectivity index (χ4v) is 1.96. The Hall–Kier alpha value is -1.55. The fourth-order valence-electron chi connectivity index (χ4n) is 1.96. The number of rotatable bonds is 6. The third kappa shape index (κ3) is 3.01. The van der Waals surface area contributed by atoms with E-state index in [2.05, 4.69) is 19.2 Å². The number of phenolic OH excluding ortho intramolecular Hbond substituents is 1. The van der Waals surface area contributed by atoms with Crippen LogP contribution in [0.1, 0.15) is 32.8 Å². The molecule has 100 valence electrons. The second-order valence-corrected chi connectivity index (χ2v) is 4.94. The summed E-state index contributed by atoms with van der Waals surface area (Å²) in [5.74, 6) is 0.209. The van der Waals surface area contributed by atoms with E-state index >= 15 is 0 Å². The summed E-state index contributed by atoms with van der Waals surface area (Å²) in [6.45, 7) is 6.78. The summed E-state index contributed by atoms with van der Waals surface area (Å²) in [7, 11) is 0. The van der Waals surface area contributed by atoms with E-state index in [-0.39, 0.29) is 5.75 Å². The summed E-state index contributed by atoms with van der Waals surface area (Å²) in [6, 6.07) is 6.60. The van der Waals surface area contributed by atoms with Gasteiger partial charge in [-0.1, -0.05) is 32.9 Å². The van der Waals surface area contributed by atoms with Crippen molar-refractivity contribution < 1.29 is 9.90 Å². The molecule has 0 spiro atoms. The minimum absolute atomic E-state index is 0.178. The molecule has 0 heterocycles. The van der Waals surface area contributed by atoms with Gasteiger partial charge in [-0.2, -0.15) is 0 Å². The van der Waals surface area contributed by atoms with Gasteiger partial charge < -0.3 is 10.8 Å². The highest BCUT2D eigenvalue weighted by Gasteiger charge is 2.36. The summed E-state index contributed by atoms with van der Waals surface area (Å²) in [5, 5.41) is 12.6. The number of amides is 1. The summed E-state index contributed by atoms with van der Waals surface area (Å²) in [4.78, 5) is 11.8. The molecule has 1 aromatic rings. The maximum Gasteiger partial charge on any atom is 0.242 e. The summed E-state index contributed by atoms with van der Waals surface area (Å²) < 4.78 is 0. The van der Waals surface area contributed by atoms with Crippen LogP contribution < -0.4 is 11.1 Å². The molecule has 1 rings (SSSR count). The Balaban J connectivity index is 3.10. The number of carbonyl (C=O) groups excluding carboxylic acids is 1. The first-order valence-corrected chi connectivity index (χ1v) is 6.26. The minimum Gasteiger partial charge on any atom is -0.508 e. The summed E-state index contributed by atoms with van der Waals surface area (Å²) in [5.41, 5.74) is 5.50. The molecule has 0 bridgehead atoms. The minimum atomic E-state index is -0.863. The lowest BCUT2D eigenvalue weighted by molar-refractivity contribution is -0.125. The first-order valence-electron chi connectivity index (χ1n) is 6.26. The maximum atomic E-state index is 11.8. The average Bonchev–Trinajstić information content (AvgIpc) is 2.31. The predicted octanol–water partition coefficient (Wildman–Crippen LogP) is 1.73. The number of nitrogens with two attached hydrogens (primary N) is 1. The van der Waals surface area contributed by atoms with Gasteiger partial charge in [0.25, 0.3) is 0 Å². The second-order valence-electron chi connectivity index (χ2n) is 4.94. The molecule has 1 aromatic carbocycles. The first kappa shape index (κ1) is 14.5. The van der Waals surface area contributed by atoms with Gasteiger partial charge in [-0.05, 0) is 36.6 Å². The molecule has 4 N–H and O–H groups in total. The molecule has 0 saturated carbocycles. The van der Waals surface area contributed by atoms with Crippen LogP contribution in [0.15, 0.2) is 24.3 Å². The van der Waals surface area contributed by atoms with Crippen molar-refractivity contribution in [2.75, 3.05) is 6.54 Å². The van der Waals surface area contributed by atoms with Crippen LogP contribution in [0.5, 0.6) is 5.75 Å². The van der Waals surface area contributed by atoms with Crippen LogP contribution in [-0.4, -0.2) is 17.6 Å². The van der Waals surface area contributed by atoms with Gasteiger partial charge in [-0.3, -0.25) is 10.1 Å². The van der Waals surface area contributed by atoms with Crippen molar-refractivity contribution in [2.24, 2.45) is 11.7 Å². The Morgan fingerprint density at radius 3 is 2.33 bits per heavy atom. The number of hydrogen-bond acceptors (Lipinski definition) is 3. The lowest BCUT2D eigenvalue weighted by Crippen LogP contribution is -2.53. The van der Waals surface area contributed by atoms with E-state index in [9.17, 15) is 9.90 Å². The van der Waals surface area contributed by atoms with Crippen LogP contribution in [0.2, 0.25) is 0 Å². The normalized spacial score (nSPS) is 14.4. The molecule has 1 atom stereocenters. The Morgan fingerprint density at radius 1 is 1.39 bits per heavy atom. The average molecular weight is 250 g/mol. The maximum absolute atomic E-state index is 11.8. The second kappa shape index (κ2) is 5.87. The summed E-state index contributed by atoms with van der Waals surface area (Å²) >= 11 is 0. The molecule has 0 aliphatic rings. The Morgan fingerprint density at radius 2 is 1.94 bits per heavy atom. The Labute approximate surface area is 108 Å². The third-order valence-corrected chi connectivity index (χ3v) is 3.12. The molecular formula is C14H22N2O2. The van der Waals surface area contributed by atoms with Crippen LogP contribution in [0.4, 0.5) is 0 Å². The van der Waals surface area contributed by atoms with Gasteiger partial charge in [0, 0.05) is 0 Å². The highest BCUT2D eigenvalue weighted by atomic mass is 16.3. The van der Waals surface area contributed by atoms with Crippen LogP contribution in [0.3, 0.4) is 0 Å². The van der Waals surface area contributed by atoms with Gasteiger partial charge in [0.05, 0.1) is 0 Å². The number of phenols is 1. The van der Waals surface area contributed by atoms with Crippen LogP contribution in [0.25, 0.3) is 0 Å². The lowest BCUT2D eigenvalue weighted by atomic mass is 9.86. The van der Waals surface area contributed by atoms with E-state index in [1.54, 1.807) is 24.3 Å². The van der Waals surface area contributed by atoms with Gasteiger partial charge in [-0.25, -0.2) is 0 Å². The molecule has 0 aliphatic heterocycles. The lowest BCUT2D eigenvalue weighted by Gasteiger charge is -2.32. The predicted molar refractivity (Wildman–Crippen MR) is 72.1 cm³/mol. The Bertz CT molecular complexity index is 401.